The maximum atomic E-state index is 12.1. The van der Waals surface area contributed by atoms with Crippen molar-refractivity contribution in [2.75, 3.05) is 11.4 Å². The van der Waals surface area contributed by atoms with Crippen LogP contribution in [-0.4, -0.2) is 22.4 Å². The number of benzene rings is 1. The van der Waals surface area contributed by atoms with Crippen molar-refractivity contribution in [3.8, 4) is 11.1 Å². The first-order valence-corrected chi connectivity index (χ1v) is 7.23. The fourth-order valence-corrected chi connectivity index (χ4v) is 2.60. The lowest BCUT2D eigenvalue weighted by atomic mass is 9.84. The van der Waals surface area contributed by atoms with E-state index in [0.717, 1.165) is 17.5 Å². The largest absolute Gasteiger partial charge is 0.280 e. The number of hydrogen-bond donors (Lipinski definition) is 0. The van der Waals surface area contributed by atoms with Crippen molar-refractivity contribution in [2.24, 2.45) is 5.41 Å². The van der Waals surface area contributed by atoms with Crippen molar-refractivity contribution in [3.05, 3.63) is 42.7 Å². The minimum Gasteiger partial charge on any atom is -0.280 e. The molecular weight excluding hydrogens is 262 g/mol. The van der Waals surface area contributed by atoms with Gasteiger partial charge in [0.2, 0.25) is 11.9 Å². The quantitative estimate of drug-likeness (QED) is 0.848. The zero-order valence-corrected chi connectivity index (χ0v) is 12.4. The van der Waals surface area contributed by atoms with Crippen LogP contribution < -0.4 is 4.90 Å². The van der Waals surface area contributed by atoms with Gasteiger partial charge >= 0.3 is 0 Å². The van der Waals surface area contributed by atoms with Crippen molar-refractivity contribution < 1.29 is 4.79 Å². The molecule has 0 aliphatic carbocycles. The SMILES string of the molecule is CC1(C)CCC(=O)N(c2ncc(-c3ccccc3)cn2)C1. The molecule has 1 aliphatic heterocycles. The van der Waals surface area contributed by atoms with E-state index >= 15 is 0 Å². The molecule has 2 heterocycles. The predicted octanol–water partition coefficient (Wildman–Crippen LogP) is 3.30. The normalized spacial score (nSPS) is 17.8. The van der Waals surface area contributed by atoms with Gasteiger partial charge in [0, 0.05) is 30.9 Å². The van der Waals surface area contributed by atoms with E-state index in [-0.39, 0.29) is 11.3 Å². The molecule has 1 aromatic heterocycles. The third-order valence-corrected chi connectivity index (χ3v) is 3.89. The van der Waals surface area contributed by atoms with Gasteiger partial charge in [0.1, 0.15) is 0 Å². The zero-order chi connectivity index (χ0) is 14.9. The second kappa shape index (κ2) is 5.28. The van der Waals surface area contributed by atoms with Crippen molar-refractivity contribution in [2.45, 2.75) is 26.7 Å². The second-order valence-electron chi connectivity index (χ2n) is 6.28. The van der Waals surface area contributed by atoms with Crippen LogP contribution in [-0.2, 0) is 4.79 Å². The van der Waals surface area contributed by atoms with E-state index in [2.05, 4.69) is 23.8 Å². The molecule has 0 N–H and O–H groups in total. The van der Waals surface area contributed by atoms with Crippen LogP contribution in [0.3, 0.4) is 0 Å². The highest BCUT2D eigenvalue weighted by Gasteiger charge is 2.33. The average Bonchev–Trinajstić information content (AvgIpc) is 2.51. The van der Waals surface area contributed by atoms with E-state index in [1.54, 1.807) is 17.3 Å². The summed E-state index contributed by atoms with van der Waals surface area (Å²) in [6.45, 7) is 5.02. The molecule has 108 valence electrons. The molecule has 0 bridgehead atoms. The van der Waals surface area contributed by atoms with Gasteiger partial charge < -0.3 is 0 Å². The summed E-state index contributed by atoms with van der Waals surface area (Å²) in [6, 6.07) is 9.99. The molecule has 0 unspecified atom stereocenters. The van der Waals surface area contributed by atoms with Crippen LogP contribution in [0.15, 0.2) is 42.7 Å². The lowest BCUT2D eigenvalue weighted by molar-refractivity contribution is -0.121. The fraction of sp³-hybridized carbons (Fsp3) is 0.353. The Morgan fingerprint density at radius 1 is 1.05 bits per heavy atom. The lowest BCUT2D eigenvalue weighted by Gasteiger charge is -2.36. The number of nitrogens with zero attached hydrogens (tertiary/aromatic N) is 3. The number of carbonyl (C=O) groups is 1. The molecule has 1 aliphatic rings. The van der Waals surface area contributed by atoms with E-state index in [1.807, 2.05) is 30.3 Å². The van der Waals surface area contributed by atoms with Crippen LogP contribution in [0.5, 0.6) is 0 Å². The highest BCUT2D eigenvalue weighted by Crippen LogP contribution is 2.31. The minimum atomic E-state index is 0.113. The maximum Gasteiger partial charge on any atom is 0.232 e. The standard InChI is InChI=1S/C17H19N3O/c1-17(2)9-8-15(21)20(12-17)16-18-10-14(11-19-16)13-6-4-3-5-7-13/h3-7,10-11H,8-9,12H2,1-2H3. The van der Waals surface area contributed by atoms with E-state index < -0.39 is 0 Å². The molecule has 21 heavy (non-hydrogen) atoms. The molecule has 2 aromatic rings. The number of carbonyl (C=O) groups excluding carboxylic acids is 1. The first-order chi connectivity index (χ1) is 10.1. The molecular formula is C17H19N3O. The summed E-state index contributed by atoms with van der Waals surface area (Å²) in [5.74, 6) is 0.620. The van der Waals surface area contributed by atoms with Crippen LogP contribution >= 0.6 is 0 Å². The molecule has 1 saturated heterocycles. The van der Waals surface area contributed by atoms with Gasteiger partial charge in [-0.3, -0.25) is 9.69 Å². The van der Waals surface area contributed by atoms with Gasteiger partial charge in [0.05, 0.1) is 0 Å². The van der Waals surface area contributed by atoms with Gasteiger partial charge in [0.15, 0.2) is 0 Å². The van der Waals surface area contributed by atoms with E-state index in [4.69, 9.17) is 0 Å². The van der Waals surface area contributed by atoms with Crippen LogP contribution in [0, 0.1) is 5.41 Å². The summed E-state index contributed by atoms with van der Waals surface area (Å²) in [5, 5.41) is 0. The number of rotatable bonds is 2. The van der Waals surface area contributed by atoms with E-state index in [9.17, 15) is 4.79 Å². The van der Waals surface area contributed by atoms with Crippen LogP contribution in [0.2, 0.25) is 0 Å². The van der Waals surface area contributed by atoms with E-state index in [0.29, 0.717) is 18.9 Å². The first-order valence-electron chi connectivity index (χ1n) is 7.23. The van der Waals surface area contributed by atoms with Gasteiger partial charge in [-0.05, 0) is 17.4 Å². The third kappa shape index (κ3) is 2.94. The zero-order valence-electron chi connectivity index (χ0n) is 12.4. The molecule has 0 saturated carbocycles. The fourth-order valence-electron chi connectivity index (χ4n) is 2.60. The average molecular weight is 281 g/mol. The topological polar surface area (TPSA) is 46.1 Å². The lowest BCUT2D eigenvalue weighted by Crippen LogP contribution is -2.44. The maximum absolute atomic E-state index is 12.1. The summed E-state index contributed by atoms with van der Waals surface area (Å²) in [5.41, 5.74) is 2.16. The van der Waals surface area contributed by atoms with Crippen molar-refractivity contribution >= 4 is 11.9 Å². The molecule has 0 spiro atoms. The molecule has 0 radical (unpaired) electrons. The summed E-state index contributed by atoms with van der Waals surface area (Å²) in [6.07, 6.45) is 5.06. The summed E-state index contributed by atoms with van der Waals surface area (Å²) in [4.78, 5) is 22.6. The van der Waals surface area contributed by atoms with Crippen molar-refractivity contribution in [3.63, 3.8) is 0 Å². The van der Waals surface area contributed by atoms with Crippen LogP contribution in [0.4, 0.5) is 5.95 Å². The minimum absolute atomic E-state index is 0.113. The summed E-state index contributed by atoms with van der Waals surface area (Å²) < 4.78 is 0. The number of piperidine rings is 1. The van der Waals surface area contributed by atoms with Crippen molar-refractivity contribution in [1.29, 1.82) is 0 Å². The molecule has 1 fully saturated rings. The van der Waals surface area contributed by atoms with E-state index in [1.165, 1.54) is 0 Å². The van der Waals surface area contributed by atoms with Gasteiger partial charge in [-0.25, -0.2) is 9.97 Å². The third-order valence-electron chi connectivity index (χ3n) is 3.89. The monoisotopic (exact) mass is 281 g/mol. The Hall–Kier alpha value is -2.23. The van der Waals surface area contributed by atoms with Crippen LogP contribution in [0.1, 0.15) is 26.7 Å². The number of anilines is 1. The Labute approximate surface area is 124 Å². The predicted molar refractivity (Wildman–Crippen MR) is 82.8 cm³/mol. The molecule has 1 amide bonds. The highest BCUT2D eigenvalue weighted by atomic mass is 16.2. The summed E-state index contributed by atoms with van der Waals surface area (Å²) >= 11 is 0. The van der Waals surface area contributed by atoms with Crippen molar-refractivity contribution in [1.82, 2.24) is 9.97 Å². The Morgan fingerprint density at radius 3 is 2.38 bits per heavy atom. The molecule has 4 nitrogen and oxygen atoms in total. The number of hydrogen-bond acceptors (Lipinski definition) is 3. The highest BCUT2D eigenvalue weighted by molar-refractivity contribution is 5.92. The van der Waals surface area contributed by atoms with Gasteiger partial charge in [-0.15, -0.1) is 0 Å². The van der Waals surface area contributed by atoms with Gasteiger partial charge in [0.25, 0.3) is 0 Å². The smallest absolute Gasteiger partial charge is 0.232 e. The Kier molecular flexibility index (Phi) is 3.45. The Morgan fingerprint density at radius 2 is 1.71 bits per heavy atom. The van der Waals surface area contributed by atoms with Crippen LogP contribution in [0.25, 0.3) is 11.1 Å². The number of aromatic nitrogens is 2. The molecule has 3 rings (SSSR count). The Bertz CT molecular complexity index is 635. The van der Waals surface area contributed by atoms with Gasteiger partial charge in [-0.2, -0.15) is 0 Å². The molecule has 1 aromatic carbocycles. The number of amides is 1. The summed E-state index contributed by atoms with van der Waals surface area (Å²) in [7, 11) is 0. The molecule has 4 heteroatoms. The van der Waals surface area contributed by atoms with Gasteiger partial charge in [-0.1, -0.05) is 44.2 Å². The Balaban J connectivity index is 1.85. The first kappa shape index (κ1) is 13.7. The molecule has 0 atom stereocenters. The second-order valence-corrected chi connectivity index (χ2v) is 6.28.